The summed E-state index contributed by atoms with van der Waals surface area (Å²) in [4.78, 5) is 10.4. The molecule has 21 heavy (non-hydrogen) atoms. The molecule has 3 aromatic rings. The first-order chi connectivity index (χ1) is 10.4. The predicted octanol–water partition coefficient (Wildman–Crippen LogP) is 3.52. The molecule has 0 spiro atoms. The molecule has 3 rings (SSSR count). The number of pyridine rings is 1. The predicted molar refractivity (Wildman–Crippen MR) is 87.4 cm³/mol. The lowest BCUT2D eigenvalue weighted by atomic mass is 10.1. The van der Waals surface area contributed by atoms with Gasteiger partial charge in [0.2, 0.25) is 0 Å². The average Bonchev–Trinajstić information content (AvgIpc) is 2.92. The molecule has 0 saturated heterocycles. The van der Waals surface area contributed by atoms with Crippen LogP contribution in [-0.4, -0.2) is 17.0 Å². The normalized spacial score (nSPS) is 10.7. The van der Waals surface area contributed by atoms with E-state index in [1.54, 1.807) is 11.3 Å². The van der Waals surface area contributed by atoms with Gasteiger partial charge in [-0.1, -0.05) is 36.4 Å². The van der Waals surface area contributed by atoms with Crippen LogP contribution in [0.2, 0.25) is 0 Å². The van der Waals surface area contributed by atoms with Crippen LogP contribution in [0.1, 0.15) is 16.4 Å². The fourth-order valence-corrected chi connectivity index (χ4v) is 3.34. The van der Waals surface area contributed by atoms with Gasteiger partial charge in [-0.15, -0.1) is 11.3 Å². The van der Waals surface area contributed by atoms with Crippen molar-refractivity contribution >= 4 is 11.3 Å². The van der Waals surface area contributed by atoms with Gasteiger partial charge in [-0.25, -0.2) is 4.98 Å². The number of hydrogen-bond acceptors (Lipinski definition) is 4. The Morgan fingerprint density at radius 2 is 1.86 bits per heavy atom. The van der Waals surface area contributed by atoms with Crippen molar-refractivity contribution in [2.75, 3.05) is 7.05 Å². The van der Waals surface area contributed by atoms with Crippen molar-refractivity contribution in [3.8, 4) is 10.4 Å². The summed E-state index contributed by atoms with van der Waals surface area (Å²) in [6.07, 6.45) is 2.62. The van der Waals surface area contributed by atoms with Crippen LogP contribution in [0.15, 0.2) is 54.7 Å². The molecule has 4 heteroatoms. The van der Waals surface area contributed by atoms with E-state index in [4.69, 9.17) is 4.98 Å². The summed E-state index contributed by atoms with van der Waals surface area (Å²) in [6, 6.07) is 16.4. The number of benzene rings is 1. The smallest absolute Gasteiger partial charge is 0.0994 e. The monoisotopic (exact) mass is 295 g/mol. The molecule has 1 N–H and O–H groups in total. The summed E-state index contributed by atoms with van der Waals surface area (Å²) in [5.74, 6) is 0. The number of rotatable bonds is 5. The molecule has 106 valence electrons. The molecule has 2 heterocycles. The Morgan fingerprint density at radius 1 is 1.05 bits per heavy atom. The highest BCUT2D eigenvalue weighted by molar-refractivity contribution is 7.15. The Kier molecular flexibility index (Phi) is 4.38. The zero-order valence-corrected chi connectivity index (χ0v) is 12.7. The van der Waals surface area contributed by atoms with Crippen molar-refractivity contribution in [2.45, 2.75) is 13.0 Å². The highest BCUT2D eigenvalue weighted by Gasteiger charge is 2.12. The topological polar surface area (TPSA) is 37.8 Å². The van der Waals surface area contributed by atoms with Crippen LogP contribution >= 0.6 is 11.3 Å². The summed E-state index contributed by atoms with van der Waals surface area (Å²) in [6.45, 7) is 0.781. The lowest BCUT2D eigenvalue weighted by Gasteiger charge is -2.00. The van der Waals surface area contributed by atoms with E-state index in [0.29, 0.717) is 0 Å². The van der Waals surface area contributed by atoms with Crippen LogP contribution in [0.5, 0.6) is 0 Å². The Balaban J connectivity index is 1.93. The standard InChI is InChI=1S/C17H17N3S/c1-18-12-15-17(13-7-3-2-4-8-13)21-16(20-15)11-14-9-5-6-10-19-14/h2-10,18H,11-12H2,1H3. The Labute approximate surface area is 128 Å². The third-order valence-corrected chi connectivity index (χ3v) is 4.33. The second-order valence-electron chi connectivity index (χ2n) is 4.78. The fraction of sp³-hybridized carbons (Fsp3) is 0.176. The number of nitrogens with zero attached hydrogens (tertiary/aromatic N) is 2. The first kappa shape index (κ1) is 13.9. The summed E-state index contributed by atoms with van der Waals surface area (Å²) in [5.41, 5.74) is 3.40. The van der Waals surface area contributed by atoms with Crippen molar-refractivity contribution in [2.24, 2.45) is 0 Å². The summed E-state index contributed by atoms with van der Waals surface area (Å²) >= 11 is 1.76. The minimum absolute atomic E-state index is 0.781. The van der Waals surface area contributed by atoms with Gasteiger partial charge in [0.25, 0.3) is 0 Å². The van der Waals surface area contributed by atoms with Crippen molar-refractivity contribution in [3.05, 3.63) is 71.1 Å². The molecule has 0 radical (unpaired) electrons. The first-order valence-electron chi connectivity index (χ1n) is 6.95. The van der Waals surface area contributed by atoms with Crippen LogP contribution in [0.3, 0.4) is 0 Å². The van der Waals surface area contributed by atoms with E-state index in [1.165, 1.54) is 10.4 Å². The summed E-state index contributed by atoms with van der Waals surface area (Å²) in [7, 11) is 1.95. The molecule has 0 fully saturated rings. The Morgan fingerprint density at radius 3 is 2.57 bits per heavy atom. The molecule has 1 aromatic carbocycles. The zero-order chi connectivity index (χ0) is 14.5. The maximum Gasteiger partial charge on any atom is 0.0994 e. The van der Waals surface area contributed by atoms with E-state index in [-0.39, 0.29) is 0 Å². The quantitative estimate of drug-likeness (QED) is 0.782. The summed E-state index contributed by atoms with van der Waals surface area (Å²) in [5, 5.41) is 4.31. The number of thiazole rings is 1. The first-order valence-corrected chi connectivity index (χ1v) is 7.77. The largest absolute Gasteiger partial charge is 0.314 e. The van der Waals surface area contributed by atoms with Crippen LogP contribution in [-0.2, 0) is 13.0 Å². The van der Waals surface area contributed by atoms with Gasteiger partial charge in [-0.3, -0.25) is 4.98 Å². The molecule has 0 atom stereocenters. The van der Waals surface area contributed by atoms with Crippen LogP contribution in [0.4, 0.5) is 0 Å². The lowest BCUT2D eigenvalue weighted by molar-refractivity contribution is 0.794. The minimum Gasteiger partial charge on any atom is -0.314 e. The number of aromatic nitrogens is 2. The fourth-order valence-electron chi connectivity index (χ4n) is 2.24. The molecule has 0 aliphatic rings. The SMILES string of the molecule is CNCc1nc(Cc2ccccn2)sc1-c1ccccc1. The van der Waals surface area contributed by atoms with E-state index in [1.807, 2.05) is 37.5 Å². The Bertz CT molecular complexity index is 693. The molecule has 0 saturated carbocycles. The number of hydrogen-bond donors (Lipinski definition) is 1. The van der Waals surface area contributed by atoms with Gasteiger partial charge in [-0.05, 0) is 24.7 Å². The van der Waals surface area contributed by atoms with Gasteiger partial charge in [0.1, 0.15) is 0 Å². The van der Waals surface area contributed by atoms with Gasteiger partial charge in [0.05, 0.1) is 15.6 Å². The van der Waals surface area contributed by atoms with Gasteiger partial charge in [-0.2, -0.15) is 0 Å². The van der Waals surface area contributed by atoms with Crippen molar-refractivity contribution < 1.29 is 0 Å². The molecule has 3 nitrogen and oxygen atoms in total. The van der Waals surface area contributed by atoms with E-state index >= 15 is 0 Å². The summed E-state index contributed by atoms with van der Waals surface area (Å²) < 4.78 is 0. The minimum atomic E-state index is 0.781. The van der Waals surface area contributed by atoms with Crippen molar-refractivity contribution in [3.63, 3.8) is 0 Å². The van der Waals surface area contributed by atoms with Crippen LogP contribution < -0.4 is 5.32 Å². The van der Waals surface area contributed by atoms with Crippen LogP contribution in [0.25, 0.3) is 10.4 Å². The second kappa shape index (κ2) is 6.61. The average molecular weight is 295 g/mol. The number of nitrogens with one attached hydrogen (secondary N) is 1. The molecular weight excluding hydrogens is 278 g/mol. The molecule has 0 amide bonds. The highest BCUT2D eigenvalue weighted by Crippen LogP contribution is 2.31. The third kappa shape index (κ3) is 3.35. The molecule has 0 aliphatic heterocycles. The lowest BCUT2D eigenvalue weighted by Crippen LogP contribution is -2.06. The van der Waals surface area contributed by atoms with Crippen LogP contribution in [0, 0.1) is 0 Å². The van der Waals surface area contributed by atoms with E-state index in [2.05, 4.69) is 34.6 Å². The van der Waals surface area contributed by atoms with Crippen molar-refractivity contribution in [1.82, 2.24) is 15.3 Å². The molecule has 0 aliphatic carbocycles. The van der Waals surface area contributed by atoms with Gasteiger partial charge < -0.3 is 5.32 Å². The van der Waals surface area contributed by atoms with E-state index < -0.39 is 0 Å². The van der Waals surface area contributed by atoms with Gasteiger partial charge >= 0.3 is 0 Å². The molecule has 0 unspecified atom stereocenters. The second-order valence-corrected chi connectivity index (χ2v) is 5.86. The highest BCUT2D eigenvalue weighted by atomic mass is 32.1. The zero-order valence-electron chi connectivity index (χ0n) is 11.9. The molecule has 2 aromatic heterocycles. The van der Waals surface area contributed by atoms with E-state index in [0.717, 1.165) is 29.4 Å². The van der Waals surface area contributed by atoms with Gasteiger partial charge in [0, 0.05) is 24.9 Å². The Hall–Kier alpha value is -2.04. The molecular formula is C17H17N3S. The maximum atomic E-state index is 4.79. The third-order valence-electron chi connectivity index (χ3n) is 3.18. The maximum absolute atomic E-state index is 4.79. The van der Waals surface area contributed by atoms with Crippen molar-refractivity contribution in [1.29, 1.82) is 0 Å². The van der Waals surface area contributed by atoms with Gasteiger partial charge in [0.15, 0.2) is 0 Å². The molecule has 0 bridgehead atoms. The van der Waals surface area contributed by atoms with E-state index in [9.17, 15) is 0 Å².